The highest BCUT2D eigenvalue weighted by molar-refractivity contribution is 5.78. The number of aromatic amines is 1. The zero-order valence-electron chi connectivity index (χ0n) is 9.78. The molecule has 1 aliphatic carbocycles. The van der Waals surface area contributed by atoms with Crippen molar-refractivity contribution in [2.45, 2.75) is 31.3 Å². The van der Waals surface area contributed by atoms with Crippen LogP contribution in [0.2, 0.25) is 0 Å². The maximum Gasteiger partial charge on any atom is 0.227 e. The Balaban J connectivity index is 1.44. The molecular weight excluding hydrogens is 232 g/mol. The van der Waals surface area contributed by atoms with E-state index in [2.05, 4.69) is 25.6 Å². The van der Waals surface area contributed by atoms with Crippen LogP contribution >= 0.6 is 0 Å². The summed E-state index contributed by atoms with van der Waals surface area (Å²) in [5.74, 6) is 0.575. The molecule has 2 N–H and O–H groups in total. The number of nitrogens with zero attached hydrogens (tertiary/aromatic N) is 4. The Morgan fingerprint density at radius 1 is 1.56 bits per heavy atom. The quantitative estimate of drug-likeness (QED) is 0.798. The summed E-state index contributed by atoms with van der Waals surface area (Å²) < 4.78 is 1.94. The van der Waals surface area contributed by atoms with E-state index in [9.17, 15) is 4.79 Å². The second kappa shape index (κ2) is 4.59. The molecule has 1 fully saturated rings. The van der Waals surface area contributed by atoms with Crippen molar-refractivity contribution in [3.63, 3.8) is 0 Å². The summed E-state index contributed by atoms with van der Waals surface area (Å²) in [5.41, 5.74) is 0. The second-order valence-electron chi connectivity index (χ2n) is 4.48. The highest BCUT2D eigenvalue weighted by atomic mass is 16.1. The Kier molecular flexibility index (Phi) is 2.79. The molecule has 2 aromatic heterocycles. The predicted octanol–water partition coefficient (Wildman–Crippen LogP) is 0.0636. The zero-order chi connectivity index (χ0) is 12.4. The first kappa shape index (κ1) is 10.9. The average Bonchev–Trinajstić information content (AvgIpc) is 2.94. The van der Waals surface area contributed by atoms with Crippen LogP contribution in [-0.2, 0) is 11.2 Å². The molecule has 0 radical (unpaired) electrons. The topological polar surface area (TPSA) is 88.5 Å². The normalized spacial score (nSPS) is 22.4. The molecule has 0 aromatic carbocycles. The lowest BCUT2D eigenvalue weighted by atomic mass is 9.87. The minimum atomic E-state index is -0.0179. The van der Waals surface area contributed by atoms with Crippen LogP contribution in [0.5, 0.6) is 0 Å². The number of carbonyl (C=O) groups excluding carboxylic acids is 1. The minimum absolute atomic E-state index is 0.0179. The number of H-pyrrole nitrogens is 1. The van der Waals surface area contributed by atoms with Crippen LogP contribution in [0.3, 0.4) is 0 Å². The van der Waals surface area contributed by atoms with Crippen molar-refractivity contribution in [2.24, 2.45) is 0 Å². The molecule has 0 unspecified atom stereocenters. The Morgan fingerprint density at radius 2 is 2.44 bits per heavy atom. The fraction of sp³-hybridized carbons (Fsp3) is 0.455. The van der Waals surface area contributed by atoms with Gasteiger partial charge in [0.05, 0.1) is 12.5 Å². The third-order valence-electron chi connectivity index (χ3n) is 3.17. The van der Waals surface area contributed by atoms with Crippen LogP contribution < -0.4 is 5.32 Å². The third-order valence-corrected chi connectivity index (χ3v) is 3.17. The molecule has 0 atom stereocenters. The summed E-state index contributed by atoms with van der Waals surface area (Å²) in [6, 6.07) is 2.57. The average molecular weight is 246 g/mol. The van der Waals surface area contributed by atoms with Crippen LogP contribution in [-0.4, -0.2) is 36.9 Å². The van der Waals surface area contributed by atoms with Crippen LogP contribution in [0.4, 0.5) is 0 Å². The van der Waals surface area contributed by atoms with E-state index >= 15 is 0 Å². The Morgan fingerprint density at radius 3 is 3.11 bits per heavy atom. The van der Waals surface area contributed by atoms with Gasteiger partial charge in [-0.05, 0) is 18.9 Å². The monoisotopic (exact) mass is 246 g/mol. The number of rotatable bonds is 4. The van der Waals surface area contributed by atoms with E-state index in [1.54, 1.807) is 6.20 Å². The lowest BCUT2D eigenvalue weighted by Gasteiger charge is -2.35. The lowest BCUT2D eigenvalue weighted by molar-refractivity contribution is -0.122. The Bertz CT molecular complexity index is 500. The van der Waals surface area contributed by atoms with Crippen molar-refractivity contribution < 1.29 is 4.79 Å². The number of aromatic nitrogens is 5. The summed E-state index contributed by atoms with van der Waals surface area (Å²) in [4.78, 5) is 15.6. The summed E-state index contributed by atoms with van der Waals surface area (Å²) in [6.07, 6.45) is 7.25. The van der Waals surface area contributed by atoms with Gasteiger partial charge in [0.25, 0.3) is 0 Å². The predicted molar refractivity (Wildman–Crippen MR) is 62.5 cm³/mol. The number of nitrogens with one attached hydrogen (secondary N) is 2. The van der Waals surface area contributed by atoms with Crippen molar-refractivity contribution in [3.05, 3.63) is 30.6 Å². The van der Waals surface area contributed by atoms with Crippen molar-refractivity contribution >= 4 is 5.91 Å². The van der Waals surface area contributed by atoms with Gasteiger partial charge in [0, 0.05) is 18.4 Å². The standard InChI is InChI=1S/C11H14N6O/c18-11(6-10-12-7-13-16-10)15-8-4-9(5-8)17-3-1-2-14-17/h1-3,7-9H,4-6H2,(H,15,18)(H,12,13,16). The van der Waals surface area contributed by atoms with E-state index < -0.39 is 0 Å². The van der Waals surface area contributed by atoms with E-state index in [0.29, 0.717) is 11.9 Å². The van der Waals surface area contributed by atoms with Crippen LogP contribution in [0.15, 0.2) is 24.8 Å². The highest BCUT2D eigenvalue weighted by Crippen LogP contribution is 2.31. The highest BCUT2D eigenvalue weighted by Gasteiger charge is 2.31. The van der Waals surface area contributed by atoms with E-state index in [0.717, 1.165) is 12.8 Å². The van der Waals surface area contributed by atoms with Gasteiger partial charge in [0.15, 0.2) is 0 Å². The molecule has 94 valence electrons. The molecule has 2 heterocycles. The Hall–Kier alpha value is -2.18. The molecule has 3 rings (SSSR count). The van der Waals surface area contributed by atoms with Gasteiger partial charge in [-0.25, -0.2) is 4.98 Å². The van der Waals surface area contributed by atoms with Gasteiger partial charge in [0.1, 0.15) is 12.2 Å². The maximum absolute atomic E-state index is 11.7. The minimum Gasteiger partial charge on any atom is -0.353 e. The molecule has 0 bridgehead atoms. The molecule has 2 aromatic rings. The largest absolute Gasteiger partial charge is 0.353 e. The van der Waals surface area contributed by atoms with E-state index in [-0.39, 0.29) is 18.4 Å². The molecule has 7 nitrogen and oxygen atoms in total. The molecule has 0 aliphatic heterocycles. The van der Waals surface area contributed by atoms with Gasteiger partial charge in [-0.2, -0.15) is 10.2 Å². The molecule has 0 saturated heterocycles. The van der Waals surface area contributed by atoms with Crippen LogP contribution in [0.1, 0.15) is 24.7 Å². The molecular formula is C11H14N6O. The fourth-order valence-electron chi connectivity index (χ4n) is 2.17. The number of amides is 1. The van der Waals surface area contributed by atoms with Crippen LogP contribution in [0.25, 0.3) is 0 Å². The maximum atomic E-state index is 11.7. The molecule has 18 heavy (non-hydrogen) atoms. The zero-order valence-corrected chi connectivity index (χ0v) is 9.78. The number of carbonyl (C=O) groups is 1. The number of hydrogen-bond acceptors (Lipinski definition) is 4. The first-order valence-corrected chi connectivity index (χ1v) is 5.94. The smallest absolute Gasteiger partial charge is 0.227 e. The molecule has 1 saturated carbocycles. The van der Waals surface area contributed by atoms with Gasteiger partial charge in [0.2, 0.25) is 5.91 Å². The first-order chi connectivity index (χ1) is 8.81. The van der Waals surface area contributed by atoms with Gasteiger partial charge >= 0.3 is 0 Å². The van der Waals surface area contributed by atoms with Crippen molar-refractivity contribution in [1.82, 2.24) is 30.3 Å². The Labute approximate surface area is 104 Å². The SMILES string of the molecule is O=C(Cc1ncn[nH]1)NC1CC(n2cccn2)C1. The molecule has 7 heteroatoms. The van der Waals surface area contributed by atoms with Crippen LogP contribution in [0, 0.1) is 0 Å². The molecule has 1 amide bonds. The van der Waals surface area contributed by atoms with Crippen molar-refractivity contribution in [1.29, 1.82) is 0 Å². The number of hydrogen-bond donors (Lipinski definition) is 2. The molecule has 0 spiro atoms. The second-order valence-corrected chi connectivity index (χ2v) is 4.48. The summed E-state index contributed by atoms with van der Waals surface area (Å²) >= 11 is 0. The van der Waals surface area contributed by atoms with E-state index in [1.807, 2.05) is 16.9 Å². The van der Waals surface area contributed by atoms with E-state index in [4.69, 9.17) is 0 Å². The summed E-state index contributed by atoms with van der Waals surface area (Å²) in [5, 5.41) is 13.6. The molecule has 1 aliphatic rings. The fourth-order valence-corrected chi connectivity index (χ4v) is 2.17. The lowest BCUT2D eigenvalue weighted by Crippen LogP contribution is -2.45. The van der Waals surface area contributed by atoms with Gasteiger partial charge in [-0.3, -0.25) is 14.6 Å². The first-order valence-electron chi connectivity index (χ1n) is 5.94. The van der Waals surface area contributed by atoms with Gasteiger partial charge in [-0.1, -0.05) is 0 Å². The van der Waals surface area contributed by atoms with E-state index in [1.165, 1.54) is 6.33 Å². The van der Waals surface area contributed by atoms with Crippen molar-refractivity contribution in [3.8, 4) is 0 Å². The van der Waals surface area contributed by atoms with Gasteiger partial charge in [-0.15, -0.1) is 0 Å². The van der Waals surface area contributed by atoms with Crippen molar-refractivity contribution in [2.75, 3.05) is 0 Å². The van der Waals surface area contributed by atoms with Gasteiger partial charge < -0.3 is 5.32 Å². The summed E-state index contributed by atoms with van der Waals surface area (Å²) in [6.45, 7) is 0. The summed E-state index contributed by atoms with van der Waals surface area (Å²) in [7, 11) is 0. The third kappa shape index (κ3) is 2.24.